The normalized spacial score (nSPS) is 14.4. The lowest BCUT2D eigenvalue weighted by molar-refractivity contribution is -0.126. The standard InChI is InChI=1S/C35H36N6O4S/c1-22(42)37-24-15-16-27-26-13-7-8-14-28(26)31(29(27)18-24)46-34-40-39-32(41(34)19-25-12-9-17-45-25)30(38-33(43)35(2,3)36)21-44-20-23-10-5-4-6-11-23/h4-18,30-31H,19-21,36H2,1-3H3,(H,37,42)(H,38,43)/t30-,31?/m1/s1. The molecule has 0 saturated carbocycles. The average Bonchev–Trinajstić information content (AvgIpc) is 3.76. The minimum atomic E-state index is -1.12. The molecule has 236 valence electrons. The van der Waals surface area contributed by atoms with Crippen molar-refractivity contribution < 1.29 is 18.7 Å². The molecule has 10 nitrogen and oxygen atoms in total. The maximum atomic E-state index is 13.2. The predicted molar refractivity (Wildman–Crippen MR) is 177 cm³/mol. The molecule has 46 heavy (non-hydrogen) atoms. The number of nitrogens with one attached hydrogen (secondary N) is 2. The van der Waals surface area contributed by atoms with Crippen molar-refractivity contribution >= 4 is 29.3 Å². The molecule has 1 aliphatic carbocycles. The van der Waals surface area contributed by atoms with Gasteiger partial charge >= 0.3 is 0 Å². The van der Waals surface area contributed by atoms with Crippen molar-refractivity contribution in [3.8, 4) is 11.1 Å². The molecule has 0 aliphatic heterocycles. The van der Waals surface area contributed by atoms with Crippen LogP contribution in [0.5, 0.6) is 0 Å². The fourth-order valence-electron chi connectivity index (χ4n) is 5.42. The van der Waals surface area contributed by atoms with E-state index in [0.717, 1.165) is 33.5 Å². The van der Waals surface area contributed by atoms with E-state index >= 15 is 0 Å². The summed E-state index contributed by atoms with van der Waals surface area (Å²) in [5.74, 6) is 0.748. The van der Waals surface area contributed by atoms with Crippen LogP contribution in [0.25, 0.3) is 11.1 Å². The van der Waals surface area contributed by atoms with Crippen molar-refractivity contribution in [3.05, 3.63) is 119 Å². The number of benzene rings is 3. The number of ether oxygens (including phenoxy) is 1. The second-order valence-corrected chi connectivity index (χ2v) is 12.9. The first-order valence-electron chi connectivity index (χ1n) is 15.0. The largest absolute Gasteiger partial charge is 0.467 e. The number of hydrogen-bond acceptors (Lipinski definition) is 8. The van der Waals surface area contributed by atoms with Crippen LogP contribution in [-0.4, -0.2) is 38.7 Å². The van der Waals surface area contributed by atoms with Crippen LogP contribution in [0.4, 0.5) is 5.69 Å². The van der Waals surface area contributed by atoms with E-state index in [0.29, 0.717) is 29.9 Å². The summed E-state index contributed by atoms with van der Waals surface area (Å²) in [6.45, 7) is 5.65. The molecule has 6 rings (SSSR count). The summed E-state index contributed by atoms with van der Waals surface area (Å²) < 4.78 is 13.8. The van der Waals surface area contributed by atoms with Gasteiger partial charge in [-0.3, -0.25) is 14.2 Å². The van der Waals surface area contributed by atoms with Crippen LogP contribution >= 0.6 is 11.8 Å². The third kappa shape index (κ3) is 6.91. The van der Waals surface area contributed by atoms with Crippen LogP contribution < -0.4 is 16.4 Å². The Labute approximate surface area is 271 Å². The number of rotatable bonds is 12. The van der Waals surface area contributed by atoms with Crippen LogP contribution in [0.2, 0.25) is 0 Å². The van der Waals surface area contributed by atoms with E-state index < -0.39 is 11.6 Å². The van der Waals surface area contributed by atoms with E-state index in [2.05, 4.69) is 33.0 Å². The topological polar surface area (TPSA) is 137 Å². The molecule has 0 radical (unpaired) electrons. The van der Waals surface area contributed by atoms with Gasteiger partial charge in [0.25, 0.3) is 0 Å². The van der Waals surface area contributed by atoms with Gasteiger partial charge in [-0.05, 0) is 65.9 Å². The van der Waals surface area contributed by atoms with Gasteiger partial charge in [-0.1, -0.05) is 72.4 Å². The Balaban J connectivity index is 1.37. The van der Waals surface area contributed by atoms with Gasteiger partial charge in [-0.25, -0.2) is 0 Å². The average molecular weight is 637 g/mol. The summed E-state index contributed by atoms with van der Waals surface area (Å²) in [6.07, 6.45) is 1.62. The summed E-state index contributed by atoms with van der Waals surface area (Å²) in [5, 5.41) is 15.8. The van der Waals surface area contributed by atoms with Crippen molar-refractivity contribution in [3.63, 3.8) is 0 Å². The van der Waals surface area contributed by atoms with Gasteiger partial charge < -0.3 is 25.5 Å². The number of carbonyl (C=O) groups excluding carboxylic acids is 2. The lowest BCUT2D eigenvalue weighted by Crippen LogP contribution is -2.51. The molecular weight excluding hydrogens is 600 g/mol. The zero-order valence-electron chi connectivity index (χ0n) is 25.9. The maximum Gasteiger partial charge on any atom is 0.240 e. The molecule has 2 atom stereocenters. The van der Waals surface area contributed by atoms with Crippen molar-refractivity contribution in [2.45, 2.75) is 55.9 Å². The van der Waals surface area contributed by atoms with Crippen molar-refractivity contribution in [2.24, 2.45) is 5.73 Å². The summed E-state index contributed by atoms with van der Waals surface area (Å²) >= 11 is 1.55. The predicted octanol–water partition coefficient (Wildman–Crippen LogP) is 5.85. The molecule has 5 aromatic rings. The fraction of sp³-hybridized carbons (Fsp3) is 0.257. The number of furan rings is 1. The highest BCUT2D eigenvalue weighted by Gasteiger charge is 2.34. The molecular formula is C35H36N6O4S. The first-order chi connectivity index (χ1) is 22.2. The molecule has 0 saturated heterocycles. The number of aromatic nitrogens is 3. The van der Waals surface area contributed by atoms with E-state index in [1.807, 2.05) is 77.4 Å². The number of carbonyl (C=O) groups is 2. The molecule has 11 heteroatoms. The summed E-state index contributed by atoms with van der Waals surface area (Å²) in [5.41, 5.74) is 11.2. The van der Waals surface area contributed by atoms with Crippen LogP contribution in [-0.2, 0) is 27.5 Å². The van der Waals surface area contributed by atoms with Crippen LogP contribution in [0.1, 0.15) is 60.3 Å². The number of amides is 2. The number of anilines is 1. The molecule has 0 spiro atoms. The lowest BCUT2D eigenvalue weighted by atomic mass is 10.1. The third-order valence-corrected chi connectivity index (χ3v) is 8.91. The van der Waals surface area contributed by atoms with Gasteiger partial charge in [0.15, 0.2) is 11.0 Å². The Morgan fingerprint density at radius 3 is 2.50 bits per heavy atom. The molecule has 0 bridgehead atoms. The van der Waals surface area contributed by atoms with Gasteiger partial charge in [0.1, 0.15) is 11.8 Å². The van der Waals surface area contributed by atoms with Gasteiger partial charge in [-0.15, -0.1) is 10.2 Å². The zero-order valence-corrected chi connectivity index (χ0v) is 26.7. The van der Waals surface area contributed by atoms with E-state index in [1.165, 1.54) is 6.92 Å². The van der Waals surface area contributed by atoms with Gasteiger partial charge in [0.2, 0.25) is 11.8 Å². The molecule has 2 aromatic heterocycles. The van der Waals surface area contributed by atoms with Crippen LogP contribution in [0, 0.1) is 0 Å². The van der Waals surface area contributed by atoms with Crippen LogP contribution in [0.15, 0.2) is 101 Å². The highest BCUT2D eigenvalue weighted by molar-refractivity contribution is 7.99. The quantitative estimate of drug-likeness (QED) is 0.155. The smallest absolute Gasteiger partial charge is 0.240 e. The number of fused-ring (bicyclic) bond motifs is 3. The van der Waals surface area contributed by atoms with E-state index in [4.69, 9.17) is 14.9 Å². The molecule has 2 amide bonds. The third-order valence-electron chi connectivity index (χ3n) is 7.65. The SMILES string of the molecule is CC(=O)Nc1ccc2c(c1)C(Sc1nnc([C@@H](COCc3ccccc3)NC(=O)C(C)(C)N)n1Cc1ccco1)c1ccccc1-2. The van der Waals surface area contributed by atoms with E-state index in [-0.39, 0.29) is 23.7 Å². The Morgan fingerprint density at radius 1 is 1.00 bits per heavy atom. The molecule has 0 fully saturated rings. The minimum absolute atomic E-state index is 0.127. The summed E-state index contributed by atoms with van der Waals surface area (Å²) in [6, 6.07) is 27.2. The van der Waals surface area contributed by atoms with Gasteiger partial charge in [0, 0.05) is 12.6 Å². The van der Waals surface area contributed by atoms with Gasteiger partial charge in [0.05, 0.1) is 36.8 Å². The zero-order chi connectivity index (χ0) is 32.3. The second-order valence-electron chi connectivity index (χ2n) is 11.8. The highest BCUT2D eigenvalue weighted by atomic mass is 32.2. The number of nitrogens with two attached hydrogens (primary N) is 1. The van der Waals surface area contributed by atoms with Crippen molar-refractivity contribution in [2.75, 3.05) is 11.9 Å². The highest BCUT2D eigenvalue weighted by Crippen LogP contribution is 2.52. The Hall–Kier alpha value is -4.71. The van der Waals surface area contributed by atoms with Crippen molar-refractivity contribution in [1.29, 1.82) is 0 Å². The molecule has 4 N–H and O–H groups in total. The number of hydrogen-bond donors (Lipinski definition) is 3. The monoisotopic (exact) mass is 636 g/mol. The Bertz CT molecular complexity index is 1830. The van der Waals surface area contributed by atoms with Gasteiger partial charge in [-0.2, -0.15) is 0 Å². The molecule has 1 unspecified atom stereocenters. The summed E-state index contributed by atoms with van der Waals surface area (Å²) in [7, 11) is 0. The van der Waals surface area contributed by atoms with E-state index in [1.54, 1.807) is 31.9 Å². The molecule has 2 heterocycles. The van der Waals surface area contributed by atoms with Crippen molar-refractivity contribution in [1.82, 2.24) is 20.1 Å². The first-order valence-corrected chi connectivity index (χ1v) is 15.9. The van der Waals surface area contributed by atoms with Crippen LogP contribution in [0.3, 0.4) is 0 Å². The Kier molecular flexibility index (Phi) is 9.07. The second kappa shape index (κ2) is 13.3. The number of thioether (sulfide) groups is 1. The minimum Gasteiger partial charge on any atom is -0.467 e. The fourth-order valence-corrected chi connectivity index (χ4v) is 6.66. The van der Waals surface area contributed by atoms with E-state index in [9.17, 15) is 9.59 Å². The summed E-state index contributed by atoms with van der Waals surface area (Å²) in [4.78, 5) is 25.0. The lowest BCUT2D eigenvalue weighted by Gasteiger charge is -2.24. The maximum absolute atomic E-state index is 13.2. The Morgan fingerprint density at radius 2 is 1.76 bits per heavy atom. The first kappa shape index (κ1) is 31.3. The molecule has 1 aliphatic rings. The number of nitrogens with zero attached hydrogens (tertiary/aromatic N) is 3. The molecule has 3 aromatic carbocycles.